The minimum Gasteiger partial charge on any atom is -0.457 e. The van der Waals surface area contributed by atoms with Gasteiger partial charge in [0.25, 0.3) is 0 Å². The zero-order chi connectivity index (χ0) is 15.4. The number of nitrogens with two attached hydrogens (primary N) is 1. The van der Waals surface area contributed by atoms with Crippen LogP contribution in [0.15, 0.2) is 42.5 Å². The second-order valence-corrected chi connectivity index (χ2v) is 6.11. The Morgan fingerprint density at radius 2 is 1.81 bits per heavy atom. The summed E-state index contributed by atoms with van der Waals surface area (Å²) in [6.45, 7) is 8.48. The Morgan fingerprint density at radius 1 is 1.05 bits per heavy atom. The van der Waals surface area contributed by atoms with Gasteiger partial charge in [-0.3, -0.25) is 0 Å². The van der Waals surface area contributed by atoms with Crippen molar-refractivity contribution in [3.05, 3.63) is 59.2 Å². The Bertz CT molecular complexity index is 602. The lowest BCUT2D eigenvalue weighted by Gasteiger charge is -2.13. The highest BCUT2D eigenvalue weighted by Crippen LogP contribution is 2.28. The Balaban J connectivity index is 2.18. The van der Waals surface area contributed by atoms with Crippen LogP contribution in [-0.2, 0) is 6.42 Å². The molecule has 0 bridgehead atoms. The summed E-state index contributed by atoms with van der Waals surface area (Å²) in [5.74, 6) is 2.30. The molecule has 2 heteroatoms. The van der Waals surface area contributed by atoms with Gasteiger partial charge in [-0.1, -0.05) is 38.1 Å². The maximum Gasteiger partial charge on any atom is 0.130 e. The van der Waals surface area contributed by atoms with E-state index in [9.17, 15) is 0 Å². The summed E-state index contributed by atoms with van der Waals surface area (Å²) >= 11 is 0. The van der Waals surface area contributed by atoms with Crippen LogP contribution in [-0.4, -0.2) is 6.04 Å². The maximum absolute atomic E-state index is 6.03. The van der Waals surface area contributed by atoms with Crippen LogP contribution in [0.25, 0.3) is 0 Å². The Labute approximate surface area is 127 Å². The summed E-state index contributed by atoms with van der Waals surface area (Å²) < 4.78 is 6.03. The van der Waals surface area contributed by atoms with Gasteiger partial charge in [0.05, 0.1) is 0 Å². The van der Waals surface area contributed by atoms with Gasteiger partial charge in [0.1, 0.15) is 11.5 Å². The second-order valence-electron chi connectivity index (χ2n) is 6.11. The summed E-state index contributed by atoms with van der Waals surface area (Å²) in [5, 5.41) is 0. The first kappa shape index (κ1) is 15.6. The van der Waals surface area contributed by atoms with Gasteiger partial charge in [0.15, 0.2) is 0 Å². The molecule has 0 aliphatic heterocycles. The first-order chi connectivity index (χ1) is 9.95. The van der Waals surface area contributed by atoms with Crippen molar-refractivity contribution >= 4 is 0 Å². The molecule has 2 aromatic carbocycles. The molecule has 0 aromatic heterocycles. The van der Waals surface area contributed by atoms with E-state index < -0.39 is 0 Å². The standard InChI is InChI=1S/C19H25NO/c1-13(2)17-6-5-7-18(12-17)21-19-9-8-16(10-14(19)3)11-15(4)20/h5-10,12-13,15H,11,20H2,1-4H3. The van der Waals surface area contributed by atoms with Crippen molar-refractivity contribution in [3.63, 3.8) is 0 Å². The van der Waals surface area contributed by atoms with E-state index >= 15 is 0 Å². The molecule has 2 aromatic rings. The van der Waals surface area contributed by atoms with Crippen LogP contribution in [0.2, 0.25) is 0 Å². The van der Waals surface area contributed by atoms with Crippen LogP contribution in [0.5, 0.6) is 11.5 Å². The van der Waals surface area contributed by atoms with E-state index in [1.165, 1.54) is 11.1 Å². The minimum absolute atomic E-state index is 0.180. The van der Waals surface area contributed by atoms with Gasteiger partial charge in [-0.15, -0.1) is 0 Å². The van der Waals surface area contributed by atoms with Gasteiger partial charge in [-0.2, -0.15) is 0 Å². The van der Waals surface area contributed by atoms with Crippen LogP contribution in [0.1, 0.15) is 43.4 Å². The smallest absolute Gasteiger partial charge is 0.130 e. The SMILES string of the molecule is Cc1cc(CC(C)N)ccc1Oc1cccc(C(C)C)c1. The molecule has 2 rings (SSSR count). The first-order valence-electron chi connectivity index (χ1n) is 7.58. The highest BCUT2D eigenvalue weighted by molar-refractivity contribution is 5.41. The summed E-state index contributed by atoms with van der Waals surface area (Å²) in [5.41, 5.74) is 9.54. The molecule has 0 heterocycles. The first-order valence-corrected chi connectivity index (χ1v) is 7.58. The van der Waals surface area contributed by atoms with Crippen LogP contribution < -0.4 is 10.5 Å². The third kappa shape index (κ3) is 4.33. The molecule has 2 nitrogen and oxygen atoms in total. The van der Waals surface area contributed by atoms with Crippen LogP contribution >= 0.6 is 0 Å². The lowest BCUT2D eigenvalue weighted by atomic mass is 10.0. The van der Waals surface area contributed by atoms with Crippen molar-refractivity contribution in [2.75, 3.05) is 0 Å². The Morgan fingerprint density at radius 3 is 2.43 bits per heavy atom. The number of hydrogen-bond donors (Lipinski definition) is 1. The molecular formula is C19H25NO. The largest absolute Gasteiger partial charge is 0.457 e. The second kappa shape index (κ2) is 6.77. The minimum atomic E-state index is 0.180. The fourth-order valence-corrected chi connectivity index (χ4v) is 2.39. The summed E-state index contributed by atoms with van der Waals surface area (Å²) in [7, 11) is 0. The molecule has 0 amide bonds. The number of ether oxygens (including phenoxy) is 1. The van der Waals surface area contributed by atoms with Crippen molar-refractivity contribution in [2.45, 2.75) is 46.1 Å². The summed E-state index contributed by atoms with van der Waals surface area (Å²) in [6.07, 6.45) is 0.893. The molecule has 0 aliphatic rings. The monoisotopic (exact) mass is 283 g/mol. The molecule has 2 N–H and O–H groups in total. The lowest BCUT2D eigenvalue weighted by molar-refractivity contribution is 0.477. The average Bonchev–Trinajstić information content (AvgIpc) is 2.41. The van der Waals surface area contributed by atoms with E-state index in [4.69, 9.17) is 10.5 Å². The van der Waals surface area contributed by atoms with Crippen molar-refractivity contribution in [1.82, 2.24) is 0 Å². The van der Waals surface area contributed by atoms with Crippen molar-refractivity contribution in [2.24, 2.45) is 5.73 Å². The van der Waals surface area contributed by atoms with Crippen LogP contribution in [0.3, 0.4) is 0 Å². The molecule has 0 aliphatic carbocycles. The van der Waals surface area contributed by atoms with Gasteiger partial charge in [0.2, 0.25) is 0 Å². The highest BCUT2D eigenvalue weighted by atomic mass is 16.5. The predicted octanol–water partition coefficient (Wildman–Crippen LogP) is 4.80. The summed E-state index contributed by atoms with van der Waals surface area (Å²) in [4.78, 5) is 0. The van der Waals surface area contributed by atoms with E-state index in [2.05, 4.69) is 45.0 Å². The van der Waals surface area contributed by atoms with Gasteiger partial charge in [0, 0.05) is 6.04 Å². The molecular weight excluding hydrogens is 258 g/mol. The van der Waals surface area contributed by atoms with Crippen molar-refractivity contribution < 1.29 is 4.74 Å². The maximum atomic E-state index is 6.03. The highest BCUT2D eigenvalue weighted by Gasteiger charge is 2.06. The van der Waals surface area contributed by atoms with E-state index in [0.717, 1.165) is 23.5 Å². The van der Waals surface area contributed by atoms with Gasteiger partial charge < -0.3 is 10.5 Å². The Hall–Kier alpha value is -1.80. The molecule has 112 valence electrons. The van der Waals surface area contributed by atoms with Crippen LogP contribution in [0.4, 0.5) is 0 Å². The van der Waals surface area contributed by atoms with Gasteiger partial charge in [-0.25, -0.2) is 0 Å². The molecule has 0 fully saturated rings. The van der Waals surface area contributed by atoms with E-state index in [0.29, 0.717) is 5.92 Å². The van der Waals surface area contributed by atoms with Crippen LogP contribution in [0, 0.1) is 6.92 Å². The molecule has 0 spiro atoms. The molecule has 0 radical (unpaired) electrons. The zero-order valence-electron chi connectivity index (χ0n) is 13.4. The number of hydrogen-bond acceptors (Lipinski definition) is 2. The van der Waals surface area contributed by atoms with E-state index in [1.807, 2.05) is 25.1 Å². The van der Waals surface area contributed by atoms with E-state index in [-0.39, 0.29) is 6.04 Å². The third-order valence-corrected chi connectivity index (χ3v) is 3.55. The molecule has 0 saturated carbocycles. The normalized spacial score (nSPS) is 12.5. The zero-order valence-corrected chi connectivity index (χ0v) is 13.4. The van der Waals surface area contributed by atoms with Crippen molar-refractivity contribution in [3.8, 4) is 11.5 Å². The lowest BCUT2D eigenvalue weighted by Crippen LogP contribution is -2.17. The third-order valence-electron chi connectivity index (χ3n) is 3.55. The average molecular weight is 283 g/mol. The van der Waals surface area contributed by atoms with E-state index in [1.54, 1.807) is 0 Å². The fourth-order valence-electron chi connectivity index (χ4n) is 2.39. The topological polar surface area (TPSA) is 35.2 Å². The molecule has 0 saturated heterocycles. The number of aryl methyl sites for hydroxylation is 1. The summed E-state index contributed by atoms with van der Waals surface area (Å²) in [6, 6.07) is 14.8. The molecule has 1 unspecified atom stereocenters. The quantitative estimate of drug-likeness (QED) is 0.855. The Kier molecular flexibility index (Phi) is 5.03. The van der Waals surface area contributed by atoms with Gasteiger partial charge in [-0.05, 0) is 61.1 Å². The van der Waals surface area contributed by atoms with Gasteiger partial charge >= 0.3 is 0 Å². The number of benzene rings is 2. The molecule has 21 heavy (non-hydrogen) atoms. The van der Waals surface area contributed by atoms with Crippen molar-refractivity contribution in [1.29, 1.82) is 0 Å². The predicted molar refractivity (Wildman–Crippen MR) is 89.1 cm³/mol. The molecule has 1 atom stereocenters. The number of rotatable bonds is 5. The fraction of sp³-hybridized carbons (Fsp3) is 0.368.